The molecular weight excluding hydrogens is 808 g/mol. The molecule has 12 heteroatoms. The highest BCUT2D eigenvalue weighted by molar-refractivity contribution is 7.48. The Bertz CT molecular complexity index is 2100. The second-order valence-corrected chi connectivity index (χ2v) is 17.0. The van der Waals surface area contributed by atoms with E-state index in [9.17, 15) is 9.36 Å². The van der Waals surface area contributed by atoms with Crippen LogP contribution in [0.15, 0.2) is 140 Å². The summed E-state index contributed by atoms with van der Waals surface area (Å²) in [4.78, 5) is 14.1. The van der Waals surface area contributed by atoms with Crippen LogP contribution in [-0.2, 0) is 66.4 Å². The molecule has 0 bridgehead atoms. The molecule has 62 heavy (non-hydrogen) atoms. The number of benzene rings is 5. The van der Waals surface area contributed by atoms with Gasteiger partial charge in [-0.15, -0.1) is 0 Å². The number of unbranched alkanes of at least 4 members (excludes halogenated alkanes) is 2. The van der Waals surface area contributed by atoms with Crippen molar-refractivity contribution in [1.82, 2.24) is 0 Å². The number of phosphoric acid groups is 1. The third kappa shape index (κ3) is 12.3. The molecule has 11 nitrogen and oxygen atoms in total. The second kappa shape index (κ2) is 23.1. The number of ether oxygens (including phenoxy) is 6. The molecule has 0 N–H and O–H groups in total. The molecule has 0 radical (unpaired) electrons. The number of phosphoric ester groups is 1. The Labute approximate surface area is 365 Å². The van der Waals surface area contributed by atoms with E-state index in [1.54, 1.807) is 0 Å². The van der Waals surface area contributed by atoms with Crippen LogP contribution in [0.25, 0.3) is 11.1 Å². The first-order valence-electron chi connectivity index (χ1n) is 21.6. The molecule has 1 aliphatic carbocycles. The fourth-order valence-electron chi connectivity index (χ4n) is 7.62. The Hall–Kier alpha value is -4.68. The molecule has 328 valence electrons. The quantitative estimate of drug-likeness (QED) is 0.0355. The van der Waals surface area contributed by atoms with Gasteiger partial charge in [-0.2, -0.15) is 0 Å². The molecule has 1 saturated heterocycles. The van der Waals surface area contributed by atoms with Gasteiger partial charge in [-0.1, -0.05) is 166 Å². The zero-order chi connectivity index (χ0) is 43.0. The smallest absolute Gasteiger partial charge is 0.433 e. The van der Waals surface area contributed by atoms with E-state index in [0.29, 0.717) is 12.8 Å². The number of fused-ring (bicyclic) bond motifs is 3. The van der Waals surface area contributed by atoms with Crippen LogP contribution >= 0.6 is 7.82 Å². The molecule has 0 amide bonds. The Morgan fingerprint density at radius 1 is 0.581 bits per heavy atom. The first kappa shape index (κ1) is 45.3. The minimum Gasteiger partial charge on any atom is -0.433 e. The van der Waals surface area contributed by atoms with Crippen LogP contribution in [0.5, 0.6) is 0 Å². The lowest BCUT2D eigenvalue weighted by Gasteiger charge is -2.45. The summed E-state index contributed by atoms with van der Waals surface area (Å²) >= 11 is 0. The number of carbonyl (C=O) groups excluding carboxylic acids is 1. The summed E-state index contributed by atoms with van der Waals surface area (Å²) in [7, 11) is -4.31. The fourth-order valence-corrected chi connectivity index (χ4v) is 8.94. The van der Waals surface area contributed by atoms with E-state index in [1.807, 2.05) is 141 Å². The Morgan fingerprint density at radius 2 is 1.06 bits per heavy atom. The van der Waals surface area contributed by atoms with Gasteiger partial charge >= 0.3 is 14.0 Å². The molecule has 1 aliphatic heterocycles. The van der Waals surface area contributed by atoms with Crippen LogP contribution < -0.4 is 0 Å². The molecule has 1 heterocycles. The predicted octanol–water partition coefficient (Wildman–Crippen LogP) is 11.2. The van der Waals surface area contributed by atoms with E-state index in [-0.39, 0.29) is 52.2 Å². The van der Waals surface area contributed by atoms with E-state index in [1.165, 1.54) is 0 Å². The maximum absolute atomic E-state index is 14.6. The predicted molar refractivity (Wildman–Crippen MR) is 235 cm³/mol. The second-order valence-electron chi connectivity index (χ2n) is 15.4. The van der Waals surface area contributed by atoms with Crippen LogP contribution in [0.2, 0.25) is 0 Å². The summed E-state index contributed by atoms with van der Waals surface area (Å²) in [5.74, 6) is -0.220. The Balaban J connectivity index is 1.21. The number of carbonyl (C=O) groups is 1. The van der Waals surface area contributed by atoms with Gasteiger partial charge in [-0.3, -0.25) is 13.6 Å². The number of rotatable bonds is 23. The van der Waals surface area contributed by atoms with E-state index in [4.69, 9.17) is 42.0 Å². The first-order valence-corrected chi connectivity index (χ1v) is 23.1. The lowest BCUT2D eigenvalue weighted by Crippen LogP contribution is -2.62. The number of hydrogen-bond acceptors (Lipinski definition) is 11. The van der Waals surface area contributed by atoms with E-state index < -0.39 is 44.7 Å². The summed E-state index contributed by atoms with van der Waals surface area (Å²) in [6.45, 7) is 4.83. The minimum atomic E-state index is -4.31. The Morgan fingerprint density at radius 3 is 1.60 bits per heavy atom. The molecule has 2 aliphatic rings. The highest BCUT2D eigenvalue weighted by Crippen LogP contribution is 2.53. The van der Waals surface area contributed by atoms with Gasteiger partial charge in [0.2, 0.25) is 6.29 Å². The molecule has 7 rings (SSSR count). The topological polar surface area (TPSA) is 117 Å². The van der Waals surface area contributed by atoms with Crippen LogP contribution in [0, 0.1) is 0 Å². The van der Waals surface area contributed by atoms with Crippen molar-refractivity contribution in [1.29, 1.82) is 0 Å². The molecule has 5 atom stereocenters. The summed E-state index contributed by atoms with van der Waals surface area (Å²) in [6.07, 6.45) is -3.88. The summed E-state index contributed by atoms with van der Waals surface area (Å²) in [5.41, 5.74) is 7.02. The van der Waals surface area contributed by atoms with E-state index in [2.05, 4.69) is 12.1 Å². The minimum absolute atomic E-state index is 0.00410. The van der Waals surface area contributed by atoms with Gasteiger partial charge in [0.1, 0.15) is 24.9 Å². The monoisotopic (exact) mass is 864 g/mol. The highest BCUT2D eigenvalue weighted by Gasteiger charge is 2.53. The van der Waals surface area contributed by atoms with Gasteiger partial charge in [0, 0.05) is 5.92 Å². The first-order chi connectivity index (χ1) is 30.4. The highest BCUT2D eigenvalue weighted by atomic mass is 31.2. The van der Waals surface area contributed by atoms with Gasteiger partial charge in [-0.25, -0.2) is 9.36 Å². The molecule has 0 spiro atoms. The van der Waals surface area contributed by atoms with Crippen molar-refractivity contribution in [3.63, 3.8) is 0 Å². The van der Waals surface area contributed by atoms with Crippen molar-refractivity contribution < 1.29 is 51.4 Å². The third-order valence-corrected chi connectivity index (χ3v) is 12.3. The summed E-state index contributed by atoms with van der Waals surface area (Å²) < 4.78 is 71.3. The van der Waals surface area contributed by atoms with Crippen molar-refractivity contribution >= 4 is 14.0 Å². The summed E-state index contributed by atoms with van der Waals surface area (Å²) in [5, 5.41) is 0. The SMILES string of the molecule is CCCCOP(=O)(OCCCC)OC1O[C@H](COCc2ccccc2)[C@H](OCc2ccccc2)[C@H](OCc2ccccc2)[C@H]1OC(=O)OCC1c2ccccc2-c2ccccc21. The standard InChI is InChI=1S/C50H57O11P/c1-3-5-30-57-62(52,58-31-6-4-2)61-49-48(60-50(51)56-35-44-42-28-18-16-26-40(42)41-27-17-19-29-43(41)44)47(55-34-39-24-14-9-15-25-39)46(54-33-38-22-12-8-13-23-38)45(59-49)36-53-32-37-20-10-7-11-21-37/h7-29,44-49H,3-6,30-36H2,1-2H3/t45-,46+,47+,48-,49?/m1/s1. The van der Waals surface area contributed by atoms with Gasteiger partial charge in [0.25, 0.3) is 0 Å². The Kier molecular flexibility index (Phi) is 16.9. The molecular formula is C50H57O11P. The van der Waals surface area contributed by atoms with Crippen LogP contribution in [-0.4, -0.2) is 63.3 Å². The van der Waals surface area contributed by atoms with Crippen molar-refractivity contribution in [3.8, 4) is 11.1 Å². The largest absolute Gasteiger partial charge is 0.508 e. The molecule has 1 unspecified atom stereocenters. The van der Waals surface area contributed by atoms with Crippen LogP contribution in [0.4, 0.5) is 4.79 Å². The summed E-state index contributed by atoms with van der Waals surface area (Å²) in [6, 6.07) is 45.3. The van der Waals surface area contributed by atoms with Gasteiger partial charge in [0.15, 0.2) is 6.10 Å². The normalized spacial score (nSPS) is 19.7. The lowest BCUT2D eigenvalue weighted by atomic mass is 9.98. The maximum Gasteiger partial charge on any atom is 0.508 e. The molecule has 0 saturated carbocycles. The zero-order valence-electron chi connectivity index (χ0n) is 35.5. The van der Waals surface area contributed by atoms with Gasteiger partial charge in [0.05, 0.1) is 39.6 Å². The van der Waals surface area contributed by atoms with E-state index in [0.717, 1.165) is 51.8 Å². The number of hydrogen-bond donors (Lipinski definition) is 0. The zero-order valence-corrected chi connectivity index (χ0v) is 36.4. The van der Waals surface area contributed by atoms with Gasteiger partial charge in [-0.05, 0) is 51.8 Å². The van der Waals surface area contributed by atoms with Gasteiger partial charge < -0.3 is 28.4 Å². The average Bonchev–Trinajstić information content (AvgIpc) is 3.62. The van der Waals surface area contributed by atoms with Crippen molar-refractivity contribution in [3.05, 3.63) is 167 Å². The third-order valence-electron chi connectivity index (χ3n) is 10.8. The fraction of sp³-hybridized carbons (Fsp3) is 0.380. The maximum atomic E-state index is 14.6. The van der Waals surface area contributed by atoms with Crippen LogP contribution in [0.1, 0.15) is 73.3 Å². The molecule has 5 aromatic rings. The van der Waals surface area contributed by atoms with Crippen molar-refractivity contribution in [2.24, 2.45) is 0 Å². The average molecular weight is 865 g/mol. The molecule has 5 aromatic carbocycles. The van der Waals surface area contributed by atoms with Crippen molar-refractivity contribution in [2.75, 3.05) is 26.4 Å². The lowest BCUT2D eigenvalue weighted by molar-refractivity contribution is -0.304. The van der Waals surface area contributed by atoms with E-state index >= 15 is 0 Å². The molecule has 0 aromatic heterocycles. The molecule has 1 fully saturated rings. The van der Waals surface area contributed by atoms with Crippen molar-refractivity contribution in [2.45, 2.75) is 96.0 Å². The van der Waals surface area contributed by atoms with Crippen LogP contribution in [0.3, 0.4) is 0 Å².